The molecule has 152 valence electrons. The second kappa shape index (κ2) is 9.19. The molecule has 7 nitrogen and oxygen atoms in total. The van der Waals surface area contributed by atoms with Gasteiger partial charge in [-0.05, 0) is 25.8 Å². The van der Waals surface area contributed by atoms with Gasteiger partial charge in [-0.15, -0.1) is 0 Å². The van der Waals surface area contributed by atoms with Crippen LogP contribution in [-0.2, 0) is 20.7 Å². The normalized spacial score (nSPS) is 22.5. The number of rotatable bonds is 9. The Morgan fingerprint density at radius 3 is 2.64 bits per heavy atom. The molecule has 1 aromatic rings. The van der Waals surface area contributed by atoms with Crippen molar-refractivity contribution in [3.8, 4) is 0 Å². The van der Waals surface area contributed by atoms with Crippen molar-refractivity contribution in [2.45, 2.75) is 45.3 Å². The van der Waals surface area contributed by atoms with Gasteiger partial charge in [-0.2, -0.15) is 0 Å². The Hall–Kier alpha value is -2.41. The lowest BCUT2D eigenvalue weighted by Gasteiger charge is -2.19. The van der Waals surface area contributed by atoms with E-state index in [-0.39, 0.29) is 29.9 Å². The fraction of sp³-hybridized carbons (Fsp3) is 0.571. The smallest absolute Gasteiger partial charge is 0.324 e. The molecule has 0 aromatic heterocycles. The summed E-state index contributed by atoms with van der Waals surface area (Å²) in [6.07, 6.45) is 1.74. The Labute approximate surface area is 166 Å². The average molecular weight is 387 g/mol. The zero-order valence-corrected chi connectivity index (χ0v) is 16.6. The van der Waals surface area contributed by atoms with E-state index < -0.39 is 6.04 Å². The Bertz CT molecular complexity index is 707. The molecule has 7 heteroatoms. The van der Waals surface area contributed by atoms with E-state index in [1.807, 2.05) is 36.9 Å². The molecule has 0 spiro atoms. The lowest BCUT2D eigenvalue weighted by atomic mass is 10.1. The van der Waals surface area contributed by atoms with Crippen LogP contribution >= 0.6 is 0 Å². The van der Waals surface area contributed by atoms with Crippen molar-refractivity contribution in [1.29, 1.82) is 0 Å². The minimum absolute atomic E-state index is 0.0105. The highest BCUT2D eigenvalue weighted by atomic mass is 16.5. The van der Waals surface area contributed by atoms with Gasteiger partial charge in [-0.1, -0.05) is 30.3 Å². The van der Waals surface area contributed by atoms with Crippen LogP contribution in [0.2, 0.25) is 0 Å². The lowest BCUT2D eigenvalue weighted by Crippen LogP contribution is -2.37. The largest absolute Gasteiger partial charge is 0.379 e. The van der Waals surface area contributed by atoms with Crippen LogP contribution in [0.3, 0.4) is 0 Å². The van der Waals surface area contributed by atoms with Crippen molar-refractivity contribution >= 4 is 17.8 Å². The van der Waals surface area contributed by atoms with Crippen molar-refractivity contribution in [3.05, 3.63) is 35.9 Å². The van der Waals surface area contributed by atoms with Gasteiger partial charge in [0.05, 0.1) is 6.10 Å². The van der Waals surface area contributed by atoms with E-state index in [2.05, 4.69) is 17.4 Å². The van der Waals surface area contributed by atoms with E-state index in [0.717, 1.165) is 6.42 Å². The molecule has 0 unspecified atom stereocenters. The molecule has 28 heavy (non-hydrogen) atoms. The van der Waals surface area contributed by atoms with Crippen LogP contribution in [0.5, 0.6) is 0 Å². The van der Waals surface area contributed by atoms with Crippen molar-refractivity contribution in [2.75, 3.05) is 26.2 Å². The van der Waals surface area contributed by atoms with Crippen LogP contribution in [-0.4, -0.2) is 66.0 Å². The molecular formula is C21H29N3O4. The number of hydrogen-bond acceptors (Lipinski definition) is 4. The summed E-state index contributed by atoms with van der Waals surface area (Å²) >= 11 is 0. The summed E-state index contributed by atoms with van der Waals surface area (Å²) in [5.74, 6) is -0.133. The van der Waals surface area contributed by atoms with Crippen molar-refractivity contribution in [3.63, 3.8) is 0 Å². The van der Waals surface area contributed by atoms with E-state index in [0.29, 0.717) is 39.1 Å². The van der Waals surface area contributed by atoms with Crippen LogP contribution in [0.25, 0.3) is 0 Å². The van der Waals surface area contributed by atoms with Crippen LogP contribution in [0.1, 0.15) is 32.3 Å². The van der Waals surface area contributed by atoms with Gasteiger partial charge in [0.1, 0.15) is 6.04 Å². The van der Waals surface area contributed by atoms with Crippen LogP contribution in [0.4, 0.5) is 4.79 Å². The maximum atomic E-state index is 12.5. The van der Waals surface area contributed by atoms with Gasteiger partial charge in [0, 0.05) is 45.0 Å². The second-order valence-electron chi connectivity index (χ2n) is 7.80. The highest BCUT2D eigenvalue weighted by molar-refractivity contribution is 6.04. The maximum Gasteiger partial charge on any atom is 0.324 e. The number of carbonyl (C=O) groups is 3. The van der Waals surface area contributed by atoms with Crippen LogP contribution < -0.4 is 5.32 Å². The number of likely N-dealkylation sites (tertiary alicyclic amines) is 1. The Morgan fingerprint density at radius 2 is 1.93 bits per heavy atom. The molecule has 0 radical (unpaired) electrons. The van der Waals surface area contributed by atoms with Gasteiger partial charge < -0.3 is 15.0 Å². The van der Waals surface area contributed by atoms with Gasteiger partial charge in [0.25, 0.3) is 5.91 Å². The predicted molar refractivity (Wildman–Crippen MR) is 105 cm³/mol. The minimum atomic E-state index is -0.530. The molecule has 0 bridgehead atoms. The SMILES string of the molecule is CC(C)OCC[C@H]1NC(=O)N(C[C@H]2CC(=O)N(CCc3ccccc3)C2)C1=O. The molecule has 2 aliphatic heterocycles. The number of urea groups is 1. The predicted octanol–water partition coefficient (Wildman–Crippen LogP) is 1.81. The third-order valence-electron chi connectivity index (χ3n) is 5.21. The molecule has 2 saturated heterocycles. The first-order chi connectivity index (χ1) is 13.4. The molecule has 2 fully saturated rings. The average Bonchev–Trinajstić information content (AvgIpc) is 3.14. The summed E-state index contributed by atoms with van der Waals surface area (Å²) in [4.78, 5) is 40.2. The molecule has 3 rings (SSSR count). The number of amides is 4. The highest BCUT2D eigenvalue weighted by Crippen LogP contribution is 2.22. The van der Waals surface area contributed by atoms with E-state index in [1.165, 1.54) is 10.5 Å². The number of ether oxygens (including phenoxy) is 1. The van der Waals surface area contributed by atoms with E-state index in [9.17, 15) is 14.4 Å². The molecule has 2 aliphatic rings. The van der Waals surface area contributed by atoms with Crippen molar-refractivity contribution < 1.29 is 19.1 Å². The first kappa shape index (κ1) is 20.3. The first-order valence-electron chi connectivity index (χ1n) is 9.99. The summed E-state index contributed by atoms with van der Waals surface area (Å²) in [6.45, 7) is 5.83. The number of nitrogens with zero attached hydrogens (tertiary/aromatic N) is 2. The standard InChI is InChI=1S/C21H29N3O4/c1-15(2)28-11-9-18-20(26)24(21(27)22-18)14-17-12-19(25)23(13-17)10-8-16-6-4-3-5-7-16/h3-7,15,17-18H,8-14H2,1-2H3,(H,22,27)/t17-,18+/m0/s1. The maximum absolute atomic E-state index is 12.5. The zero-order chi connectivity index (χ0) is 20.1. The molecule has 0 saturated carbocycles. The molecule has 1 aromatic carbocycles. The number of carbonyl (C=O) groups excluding carboxylic acids is 3. The quantitative estimate of drug-likeness (QED) is 0.656. The van der Waals surface area contributed by atoms with Crippen LogP contribution in [0, 0.1) is 5.92 Å². The third kappa shape index (κ3) is 5.10. The van der Waals surface area contributed by atoms with E-state index in [1.54, 1.807) is 0 Å². The van der Waals surface area contributed by atoms with E-state index >= 15 is 0 Å². The fourth-order valence-corrected chi connectivity index (χ4v) is 3.73. The van der Waals surface area contributed by atoms with Gasteiger partial charge in [0.2, 0.25) is 5.91 Å². The topological polar surface area (TPSA) is 79.0 Å². The zero-order valence-electron chi connectivity index (χ0n) is 16.6. The summed E-state index contributed by atoms with van der Waals surface area (Å²) in [7, 11) is 0. The highest BCUT2D eigenvalue weighted by Gasteiger charge is 2.40. The number of imide groups is 1. The summed E-state index contributed by atoms with van der Waals surface area (Å²) in [5, 5.41) is 2.73. The monoisotopic (exact) mass is 387 g/mol. The lowest BCUT2D eigenvalue weighted by molar-refractivity contribution is -0.129. The Morgan fingerprint density at radius 1 is 1.18 bits per heavy atom. The molecule has 2 heterocycles. The number of nitrogens with one attached hydrogen (secondary N) is 1. The van der Waals surface area contributed by atoms with Crippen molar-refractivity contribution in [2.24, 2.45) is 5.92 Å². The van der Waals surface area contributed by atoms with Gasteiger partial charge in [-0.25, -0.2) is 4.79 Å². The van der Waals surface area contributed by atoms with Crippen molar-refractivity contribution in [1.82, 2.24) is 15.1 Å². The first-order valence-corrected chi connectivity index (χ1v) is 9.99. The second-order valence-corrected chi connectivity index (χ2v) is 7.80. The van der Waals surface area contributed by atoms with Gasteiger partial charge >= 0.3 is 6.03 Å². The molecular weight excluding hydrogens is 358 g/mol. The number of hydrogen-bond donors (Lipinski definition) is 1. The summed E-state index contributed by atoms with van der Waals surface area (Å²) in [5.41, 5.74) is 1.19. The molecule has 0 aliphatic carbocycles. The van der Waals surface area contributed by atoms with Gasteiger partial charge in [-0.3, -0.25) is 14.5 Å². The molecule has 1 N–H and O–H groups in total. The minimum Gasteiger partial charge on any atom is -0.379 e. The molecule has 2 atom stereocenters. The Kier molecular flexibility index (Phi) is 6.67. The summed E-state index contributed by atoms with van der Waals surface area (Å²) < 4.78 is 5.47. The molecule has 4 amide bonds. The third-order valence-corrected chi connectivity index (χ3v) is 5.21. The van der Waals surface area contributed by atoms with Crippen LogP contribution in [0.15, 0.2) is 30.3 Å². The van der Waals surface area contributed by atoms with Gasteiger partial charge in [0.15, 0.2) is 0 Å². The van der Waals surface area contributed by atoms with E-state index in [4.69, 9.17) is 4.74 Å². The Balaban J connectivity index is 1.48. The fourth-order valence-electron chi connectivity index (χ4n) is 3.73. The number of benzene rings is 1. The summed E-state index contributed by atoms with van der Waals surface area (Å²) in [6, 6.07) is 9.16.